The Morgan fingerprint density at radius 1 is 1.52 bits per heavy atom. The summed E-state index contributed by atoms with van der Waals surface area (Å²) >= 11 is 2.96. The molecular formula is C13H12N2NaO3S2. The first-order valence-corrected chi connectivity index (χ1v) is 7.94. The van der Waals surface area contributed by atoms with Crippen LogP contribution < -0.4 is 4.74 Å². The van der Waals surface area contributed by atoms with Crippen LogP contribution in [-0.2, 0) is 4.79 Å². The Morgan fingerprint density at radius 3 is 3.00 bits per heavy atom. The molecule has 21 heavy (non-hydrogen) atoms. The second-order valence-corrected chi connectivity index (χ2v) is 6.22. The molecule has 0 unspecified atom stereocenters. The van der Waals surface area contributed by atoms with Gasteiger partial charge < -0.3 is 9.84 Å². The van der Waals surface area contributed by atoms with E-state index in [2.05, 4.69) is 9.98 Å². The minimum atomic E-state index is -0.882. The Bertz CT molecular complexity index is 702. The molecule has 1 aromatic heterocycles. The number of carbonyl (C=O) groups is 1. The van der Waals surface area contributed by atoms with Crippen LogP contribution in [0.15, 0.2) is 23.2 Å². The molecule has 0 amide bonds. The number of hydrogen-bond donors (Lipinski definition) is 1. The average Bonchev–Trinajstić information content (AvgIpc) is 3.05. The van der Waals surface area contributed by atoms with E-state index in [-0.39, 0.29) is 29.6 Å². The Morgan fingerprint density at radius 2 is 2.33 bits per heavy atom. The minimum absolute atomic E-state index is 0. The summed E-state index contributed by atoms with van der Waals surface area (Å²) in [6, 6.07) is 5.10. The zero-order chi connectivity index (χ0) is 14.1. The van der Waals surface area contributed by atoms with E-state index in [9.17, 15) is 4.79 Å². The van der Waals surface area contributed by atoms with Gasteiger partial charge in [-0.3, -0.25) is 4.99 Å². The van der Waals surface area contributed by atoms with Gasteiger partial charge in [0.05, 0.1) is 16.8 Å². The number of benzene rings is 1. The SMILES string of the molecule is CCOc1ccc2nc(C3=N[C@@H](C(=O)O)CS3)sc2c1.[Na]. The normalized spacial score (nSPS) is 17.4. The standard InChI is InChI=1S/C13H12N2O3S2.Na/c1-2-18-7-3-4-8-10(5-7)20-12(14-8)11-15-9(6-19-11)13(16)17;/h3-5,9H,2,6H2,1H3,(H,16,17);/t9-;/m1./s1. The van der Waals surface area contributed by atoms with Gasteiger partial charge in [0.15, 0.2) is 6.04 Å². The molecule has 1 radical (unpaired) electrons. The Hall–Kier alpha value is -0.600. The van der Waals surface area contributed by atoms with Crippen LogP contribution in [0.5, 0.6) is 5.75 Å². The largest absolute Gasteiger partial charge is 0.494 e. The van der Waals surface area contributed by atoms with Gasteiger partial charge in [-0.15, -0.1) is 23.1 Å². The number of ether oxygens (including phenoxy) is 1. The van der Waals surface area contributed by atoms with E-state index < -0.39 is 12.0 Å². The van der Waals surface area contributed by atoms with Crippen molar-refractivity contribution in [2.45, 2.75) is 13.0 Å². The summed E-state index contributed by atoms with van der Waals surface area (Å²) in [5, 5.41) is 10.5. The summed E-state index contributed by atoms with van der Waals surface area (Å²) in [5.41, 5.74) is 0.885. The smallest absolute Gasteiger partial charge is 0.329 e. The number of carboxylic acids is 1. The Balaban J connectivity index is 0.00000161. The topological polar surface area (TPSA) is 71.8 Å². The third-order valence-electron chi connectivity index (χ3n) is 2.79. The maximum atomic E-state index is 10.9. The van der Waals surface area contributed by atoms with Gasteiger partial charge in [0.25, 0.3) is 0 Å². The molecule has 105 valence electrons. The molecular weight excluding hydrogens is 319 g/mol. The number of aliphatic imine (C=N–C) groups is 1. The number of nitrogens with zero attached hydrogens (tertiary/aromatic N) is 2. The molecule has 0 saturated heterocycles. The van der Waals surface area contributed by atoms with E-state index in [1.807, 2.05) is 25.1 Å². The van der Waals surface area contributed by atoms with Gasteiger partial charge >= 0.3 is 5.97 Å². The van der Waals surface area contributed by atoms with Crippen LogP contribution in [-0.4, -0.2) is 69.1 Å². The fourth-order valence-corrected chi connectivity index (χ4v) is 3.96. The summed E-state index contributed by atoms with van der Waals surface area (Å²) < 4.78 is 6.48. The van der Waals surface area contributed by atoms with E-state index in [1.165, 1.54) is 23.1 Å². The first-order chi connectivity index (χ1) is 9.67. The first kappa shape index (κ1) is 16.8. The molecule has 0 bridgehead atoms. The van der Waals surface area contributed by atoms with Crippen LogP contribution in [0, 0.1) is 0 Å². The number of aromatic nitrogens is 1. The zero-order valence-electron chi connectivity index (χ0n) is 11.7. The summed E-state index contributed by atoms with van der Waals surface area (Å²) in [7, 11) is 0. The van der Waals surface area contributed by atoms with Crippen molar-refractivity contribution in [3.8, 4) is 5.75 Å². The summed E-state index contributed by atoms with van der Waals surface area (Å²) in [6.07, 6.45) is 0. The van der Waals surface area contributed by atoms with Crippen molar-refractivity contribution in [1.29, 1.82) is 0 Å². The Labute approximate surface area is 152 Å². The monoisotopic (exact) mass is 331 g/mol. The van der Waals surface area contributed by atoms with Gasteiger partial charge in [-0.05, 0) is 25.1 Å². The third kappa shape index (κ3) is 3.60. The van der Waals surface area contributed by atoms with Gasteiger partial charge in [-0.2, -0.15) is 0 Å². The second kappa shape index (κ2) is 7.11. The molecule has 5 nitrogen and oxygen atoms in total. The van der Waals surface area contributed by atoms with E-state index in [4.69, 9.17) is 9.84 Å². The van der Waals surface area contributed by atoms with Crippen LogP contribution in [0.2, 0.25) is 0 Å². The number of rotatable bonds is 4. The maximum absolute atomic E-state index is 10.9. The van der Waals surface area contributed by atoms with Gasteiger partial charge in [-0.1, -0.05) is 0 Å². The van der Waals surface area contributed by atoms with Gasteiger partial charge in [0, 0.05) is 35.3 Å². The number of thioether (sulfide) groups is 1. The molecule has 2 heterocycles. The summed E-state index contributed by atoms with van der Waals surface area (Å²) in [5.74, 6) is 0.414. The molecule has 1 aliphatic heterocycles. The fourth-order valence-electron chi connectivity index (χ4n) is 1.87. The zero-order valence-corrected chi connectivity index (χ0v) is 15.3. The van der Waals surface area contributed by atoms with Crippen LogP contribution in [0.3, 0.4) is 0 Å². The van der Waals surface area contributed by atoms with Crippen molar-refractivity contribution in [3.05, 3.63) is 23.2 Å². The number of aliphatic carboxylic acids is 1. The van der Waals surface area contributed by atoms with Gasteiger partial charge in [0.1, 0.15) is 15.8 Å². The van der Waals surface area contributed by atoms with Crippen molar-refractivity contribution >= 4 is 73.9 Å². The van der Waals surface area contributed by atoms with Crippen molar-refractivity contribution in [3.63, 3.8) is 0 Å². The third-order valence-corrected chi connectivity index (χ3v) is 5.00. The molecule has 3 rings (SSSR count). The van der Waals surface area contributed by atoms with Crippen molar-refractivity contribution < 1.29 is 14.6 Å². The van der Waals surface area contributed by atoms with E-state index in [1.54, 1.807) is 0 Å². The van der Waals surface area contributed by atoms with E-state index >= 15 is 0 Å². The van der Waals surface area contributed by atoms with Crippen LogP contribution in [0.4, 0.5) is 0 Å². The molecule has 1 aliphatic rings. The number of carboxylic acid groups (broad SMARTS) is 1. The predicted molar refractivity (Wildman–Crippen MR) is 87.0 cm³/mol. The number of hydrogen-bond acceptors (Lipinski definition) is 6. The van der Waals surface area contributed by atoms with Gasteiger partial charge in [0.2, 0.25) is 0 Å². The van der Waals surface area contributed by atoms with Crippen molar-refractivity contribution in [1.82, 2.24) is 4.98 Å². The van der Waals surface area contributed by atoms with Crippen molar-refractivity contribution in [2.24, 2.45) is 4.99 Å². The summed E-state index contributed by atoms with van der Waals surface area (Å²) in [6.45, 7) is 2.57. The fraction of sp³-hybridized carbons (Fsp3) is 0.308. The van der Waals surface area contributed by atoms with Crippen LogP contribution in [0.25, 0.3) is 10.2 Å². The molecule has 0 aliphatic carbocycles. The molecule has 8 heteroatoms. The molecule has 0 saturated carbocycles. The molecule has 1 N–H and O–H groups in total. The molecule has 0 fully saturated rings. The van der Waals surface area contributed by atoms with Crippen LogP contribution >= 0.6 is 23.1 Å². The van der Waals surface area contributed by atoms with Gasteiger partial charge in [-0.25, -0.2) is 9.78 Å². The Kier molecular flexibility index (Phi) is 5.67. The molecule has 0 spiro atoms. The maximum Gasteiger partial charge on any atom is 0.329 e. The number of thiazole rings is 1. The summed E-state index contributed by atoms with van der Waals surface area (Å²) in [4.78, 5) is 19.6. The first-order valence-electron chi connectivity index (χ1n) is 6.14. The molecule has 1 aromatic carbocycles. The average molecular weight is 331 g/mol. The van der Waals surface area contributed by atoms with E-state index in [0.717, 1.165) is 26.0 Å². The number of fused-ring (bicyclic) bond motifs is 1. The van der Waals surface area contributed by atoms with Crippen LogP contribution in [0.1, 0.15) is 11.9 Å². The van der Waals surface area contributed by atoms with E-state index in [0.29, 0.717) is 12.4 Å². The minimum Gasteiger partial charge on any atom is -0.494 e. The second-order valence-electron chi connectivity index (χ2n) is 4.18. The molecule has 2 aromatic rings. The molecule has 1 atom stereocenters. The predicted octanol–water partition coefficient (Wildman–Crippen LogP) is 2.26. The quantitative estimate of drug-likeness (QED) is 0.870. The van der Waals surface area contributed by atoms with Crippen molar-refractivity contribution in [2.75, 3.05) is 12.4 Å².